The molecule has 0 amide bonds. The molecule has 44 valence electrons. The molecule has 0 N–H and O–H groups in total. The summed E-state index contributed by atoms with van der Waals surface area (Å²) in [5.74, 6) is 0.164. The van der Waals surface area contributed by atoms with Crippen molar-refractivity contribution in [1.29, 1.82) is 0 Å². The number of cyclic esters (lactones) is 1. The van der Waals surface area contributed by atoms with E-state index < -0.39 is 0 Å². The minimum atomic E-state index is -0.102. The Balaban J connectivity index is 2.43. The summed E-state index contributed by atoms with van der Waals surface area (Å²) >= 11 is 0. The van der Waals surface area contributed by atoms with E-state index in [0.717, 1.165) is 0 Å². The van der Waals surface area contributed by atoms with E-state index in [9.17, 15) is 4.79 Å². The van der Waals surface area contributed by atoms with Gasteiger partial charge in [0, 0.05) is 5.92 Å². The first-order valence-electron chi connectivity index (χ1n) is 2.61. The van der Waals surface area contributed by atoms with Crippen LogP contribution < -0.4 is 0 Å². The lowest BCUT2D eigenvalue weighted by atomic mass is 10.1. The van der Waals surface area contributed by atoms with Crippen LogP contribution >= 0.6 is 0 Å². The molecule has 0 spiro atoms. The lowest BCUT2D eigenvalue weighted by molar-refractivity contribution is -0.137. The number of carbonyl (C=O) groups is 1. The summed E-state index contributed by atoms with van der Waals surface area (Å²) in [6.45, 7) is 4.08. The minimum absolute atomic E-state index is 0.102. The van der Waals surface area contributed by atoms with Gasteiger partial charge in [-0.1, -0.05) is 6.08 Å². The van der Waals surface area contributed by atoms with Crippen LogP contribution in [0.3, 0.4) is 0 Å². The molecule has 0 bridgehead atoms. The van der Waals surface area contributed by atoms with Crippen molar-refractivity contribution in [3.05, 3.63) is 12.7 Å². The van der Waals surface area contributed by atoms with Gasteiger partial charge in [0.05, 0.1) is 13.0 Å². The zero-order chi connectivity index (χ0) is 5.98. The normalized spacial score (nSPS) is 27.5. The van der Waals surface area contributed by atoms with Gasteiger partial charge in [0.2, 0.25) is 0 Å². The Kier molecular flexibility index (Phi) is 1.33. The Labute approximate surface area is 48.1 Å². The summed E-state index contributed by atoms with van der Waals surface area (Å²) < 4.78 is 4.65. The van der Waals surface area contributed by atoms with E-state index in [0.29, 0.717) is 13.0 Å². The van der Waals surface area contributed by atoms with Crippen molar-refractivity contribution in [1.82, 2.24) is 0 Å². The van der Waals surface area contributed by atoms with Gasteiger partial charge >= 0.3 is 5.97 Å². The van der Waals surface area contributed by atoms with Crippen LogP contribution in [0.25, 0.3) is 0 Å². The van der Waals surface area contributed by atoms with Gasteiger partial charge in [0.25, 0.3) is 0 Å². The maximum absolute atomic E-state index is 10.3. The van der Waals surface area contributed by atoms with Gasteiger partial charge in [-0.3, -0.25) is 4.79 Å². The molecule has 0 aliphatic carbocycles. The second kappa shape index (κ2) is 1.99. The van der Waals surface area contributed by atoms with E-state index in [1.807, 2.05) is 0 Å². The van der Waals surface area contributed by atoms with Crippen LogP contribution in [0.1, 0.15) is 6.42 Å². The van der Waals surface area contributed by atoms with Crippen molar-refractivity contribution >= 4 is 5.97 Å². The highest BCUT2D eigenvalue weighted by atomic mass is 16.5. The average Bonchev–Trinajstić information content (AvgIpc) is 2.14. The first-order valence-corrected chi connectivity index (χ1v) is 2.61. The highest BCUT2D eigenvalue weighted by Crippen LogP contribution is 2.13. The van der Waals surface area contributed by atoms with Gasteiger partial charge in [0.1, 0.15) is 0 Å². The number of esters is 1. The molecule has 8 heavy (non-hydrogen) atoms. The fourth-order valence-corrected chi connectivity index (χ4v) is 0.683. The third-order valence-corrected chi connectivity index (χ3v) is 1.22. The molecule has 1 rings (SSSR count). The van der Waals surface area contributed by atoms with Gasteiger partial charge in [-0.25, -0.2) is 0 Å². The van der Waals surface area contributed by atoms with Gasteiger partial charge < -0.3 is 4.74 Å². The molecule has 1 unspecified atom stereocenters. The zero-order valence-corrected chi connectivity index (χ0v) is 4.59. The van der Waals surface area contributed by atoms with Crippen LogP contribution in [0.5, 0.6) is 0 Å². The highest BCUT2D eigenvalue weighted by molar-refractivity contribution is 5.71. The van der Waals surface area contributed by atoms with Crippen LogP contribution in [0.4, 0.5) is 0 Å². The van der Waals surface area contributed by atoms with Crippen LogP contribution in [0.15, 0.2) is 12.7 Å². The van der Waals surface area contributed by atoms with E-state index in [2.05, 4.69) is 11.3 Å². The van der Waals surface area contributed by atoms with Gasteiger partial charge in [-0.15, -0.1) is 6.58 Å². The van der Waals surface area contributed by atoms with Crippen molar-refractivity contribution in [3.63, 3.8) is 0 Å². The molecule has 1 aliphatic heterocycles. The first kappa shape index (κ1) is 5.35. The van der Waals surface area contributed by atoms with Crippen LogP contribution in [0.2, 0.25) is 0 Å². The Hall–Kier alpha value is -0.790. The van der Waals surface area contributed by atoms with E-state index in [4.69, 9.17) is 0 Å². The Morgan fingerprint density at radius 1 is 1.88 bits per heavy atom. The number of carbonyl (C=O) groups excluding carboxylic acids is 1. The van der Waals surface area contributed by atoms with Crippen molar-refractivity contribution in [2.45, 2.75) is 6.42 Å². The summed E-state index contributed by atoms with van der Waals surface area (Å²) in [6.07, 6.45) is 2.27. The molecule has 2 heteroatoms. The van der Waals surface area contributed by atoms with Crippen LogP contribution in [-0.2, 0) is 9.53 Å². The number of ether oxygens (including phenoxy) is 1. The smallest absolute Gasteiger partial charge is 0.306 e. The molecule has 0 aromatic rings. The molecule has 0 aromatic carbocycles. The second-order valence-electron chi connectivity index (χ2n) is 1.88. The van der Waals surface area contributed by atoms with Gasteiger partial charge in [-0.2, -0.15) is 0 Å². The molecule has 1 atom stereocenters. The van der Waals surface area contributed by atoms with E-state index in [-0.39, 0.29) is 11.9 Å². The number of rotatable bonds is 1. The topological polar surface area (TPSA) is 26.3 Å². The number of hydrogen-bond acceptors (Lipinski definition) is 2. The maximum Gasteiger partial charge on any atom is 0.306 e. The quantitative estimate of drug-likeness (QED) is 0.369. The molecule has 1 aliphatic rings. The Morgan fingerprint density at radius 3 is 2.88 bits per heavy atom. The third kappa shape index (κ3) is 0.886. The SMILES string of the molecule is C=CC1COC(=O)C1. The van der Waals surface area contributed by atoms with Crippen LogP contribution in [0, 0.1) is 5.92 Å². The second-order valence-corrected chi connectivity index (χ2v) is 1.88. The molecule has 1 saturated heterocycles. The summed E-state index contributed by atoms with van der Waals surface area (Å²) in [6, 6.07) is 0. The average molecular weight is 112 g/mol. The molecule has 2 nitrogen and oxygen atoms in total. The van der Waals surface area contributed by atoms with E-state index >= 15 is 0 Å². The maximum atomic E-state index is 10.3. The minimum Gasteiger partial charge on any atom is -0.465 e. The van der Waals surface area contributed by atoms with Crippen LogP contribution in [-0.4, -0.2) is 12.6 Å². The molecule has 0 aromatic heterocycles. The predicted octanol–water partition coefficient (Wildman–Crippen LogP) is 0.736. The summed E-state index contributed by atoms with van der Waals surface area (Å²) in [5, 5.41) is 0. The van der Waals surface area contributed by atoms with E-state index in [1.54, 1.807) is 6.08 Å². The van der Waals surface area contributed by atoms with Crippen molar-refractivity contribution in [2.75, 3.05) is 6.61 Å². The Bertz CT molecular complexity index is 118. The molecular formula is C6H8O2. The third-order valence-electron chi connectivity index (χ3n) is 1.22. The lowest BCUT2D eigenvalue weighted by Crippen LogP contribution is -1.91. The summed E-state index contributed by atoms with van der Waals surface area (Å²) in [7, 11) is 0. The zero-order valence-electron chi connectivity index (χ0n) is 4.59. The standard InChI is InChI=1S/C6H8O2/c1-2-5-3-6(7)8-4-5/h2,5H,1,3-4H2. The predicted molar refractivity (Wildman–Crippen MR) is 29.3 cm³/mol. The Morgan fingerprint density at radius 2 is 2.62 bits per heavy atom. The molecular weight excluding hydrogens is 104 g/mol. The fourth-order valence-electron chi connectivity index (χ4n) is 0.683. The molecule has 0 radical (unpaired) electrons. The summed E-state index contributed by atoms with van der Waals surface area (Å²) in [4.78, 5) is 10.3. The van der Waals surface area contributed by atoms with Gasteiger partial charge in [-0.05, 0) is 0 Å². The van der Waals surface area contributed by atoms with Crippen molar-refractivity contribution < 1.29 is 9.53 Å². The number of hydrogen-bond donors (Lipinski definition) is 0. The first-order chi connectivity index (χ1) is 3.83. The monoisotopic (exact) mass is 112 g/mol. The largest absolute Gasteiger partial charge is 0.465 e. The lowest BCUT2D eigenvalue weighted by Gasteiger charge is -1.90. The summed E-state index contributed by atoms with van der Waals surface area (Å²) in [5.41, 5.74) is 0. The molecule has 0 saturated carbocycles. The molecule has 1 fully saturated rings. The van der Waals surface area contributed by atoms with Crippen molar-refractivity contribution in [2.24, 2.45) is 5.92 Å². The van der Waals surface area contributed by atoms with Crippen molar-refractivity contribution in [3.8, 4) is 0 Å². The highest BCUT2D eigenvalue weighted by Gasteiger charge is 2.19. The fraction of sp³-hybridized carbons (Fsp3) is 0.500. The molecule has 1 heterocycles. The van der Waals surface area contributed by atoms with Gasteiger partial charge in [0.15, 0.2) is 0 Å². The van der Waals surface area contributed by atoms with E-state index in [1.165, 1.54) is 0 Å².